The Hall–Kier alpha value is -0.900. The van der Waals surface area contributed by atoms with Gasteiger partial charge in [0, 0.05) is 6.04 Å². The third-order valence-corrected chi connectivity index (χ3v) is 2.77. The van der Waals surface area contributed by atoms with Gasteiger partial charge in [-0.3, -0.25) is 14.5 Å². The molecule has 0 radical (unpaired) electrons. The summed E-state index contributed by atoms with van der Waals surface area (Å²) in [4.78, 5) is 24.5. The maximum atomic E-state index is 11.4. The predicted molar refractivity (Wildman–Crippen MR) is 56.5 cm³/mol. The average molecular weight is 213 g/mol. The van der Waals surface area contributed by atoms with Crippen molar-refractivity contribution < 1.29 is 14.3 Å². The maximum absolute atomic E-state index is 11.4. The van der Waals surface area contributed by atoms with Crippen molar-refractivity contribution in [2.45, 2.75) is 38.6 Å². The molecule has 1 rings (SSSR count). The summed E-state index contributed by atoms with van der Waals surface area (Å²) in [6.45, 7) is 2.44. The molecular formula is C11H19NO3. The summed E-state index contributed by atoms with van der Waals surface area (Å²) in [7, 11) is 1.94. The number of Topliss-reactive ketones (excluding diaryl/α,β-unsaturated/α-hetero) is 1. The van der Waals surface area contributed by atoms with Crippen molar-refractivity contribution in [2.75, 3.05) is 20.2 Å². The summed E-state index contributed by atoms with van der Waals surface area (Å²) in [5.74, 6) is -0.465. The van der Waals surface area contributed by atoms with Crippen LogP contribution in [0.15, 0.2) is 0 Å². The number of nitrogens with zero attached hydrogens (tertiary/aromatic N) is 1. The number of hydrogen-bond donors (Lipinski definition) is 0. The fraction of sp³-hybridized carbons (Fsp3) is 0.818. The summed E-state index contributed by atoms with van der Waals surface area (Å²) < 4.78 is 4.72. The van der Waals surface area contributed by atoms with Gasteiger partial charge in [-0.2, -0.15) is 0 Å². The molecule has 1 fully saturated rings. The number of rotatable bonds is 6. The normalized spacial score (nSPS) is 16.2. The van der Waals surface area contributed by atoms with E-state index in [9.17, 15) is 9.59 Å². The van der Waals surface area contributed by atoms with E-state index in [1.807, 2.05) is 11.9 Å². The van der Waals surface area contributed by atoms with Crippen molar-refractivity contribution in [1.29, 1.82) is 0 Å². The van der Waals surface area contributed by atoms with Gasteiger partial charge in [-0.05, 0) is 26.8 Å². The topological polar surface area (TPSA) is 46.6 Å². The minimum atomic E-state index is -0.412. The minimum absolute atomic E-state index is 0.0529. The van der Waals surface area contributed by atoms with Crippen LogP contribution in [-0.2, 0) is 14.3 Å². The monoisotopic (exact) mass is 213 g/mol. The molecule has 0 unspecified atom stereocenters. The summed E-state index contributed by atoms with van der Waals surface area (Å²) in [5, 5.41) is 0. The van der Waals surface area contributed by atoms with Gasteiger partial charge in [-0.15, -0.1) is 0 Å². The molecule has 86 valence electrons. The van der Waals surface area contributed by atoms with E-state index in [1.165, 1.54) is 19.3 Å². The molecule has 0 heterocycles. The zero-order valence-corrected chi connectivity index (χ0v) is 9.49. The first-order chi connectivity index (χ1) is 7.13. The number of likely N-dealkylation sites (N-methyl/N-ethyl adjacent to an activating group) is 1. The average Bonchev–Trinajstić information content (AvgIpc) is 1.99. The highest BCUT2D eigenvalue weighted by molar-refractivity contribution is 5.96. The number of carbonyl (C=O) groups excluding carboxylic acids is 2. The van der Waals surface area contributed by atoms with E-state index in [1.54, 1.807) is 6.92 Å². The molecule has 0 aromatic carbocycles. The highest BCUT2D eigenvalue weighted by Crippen LogP contribution is 2.23. The van der Waals surface area contributed by atoms with Crippen LogP contribution in [0.2, 0.25) is 0 Å². The molecule has 0 aromatic rings. The molecule has 0 saturated heterocycles. The van der Waals surface area contributed by atoms with Crippen LogP contribution in [0.3, 0.4) is 0 Å². The van der Waals surface area contributed by atoms with Crippen LogP contribution in [0.5, 0.6) is 0 Å². The van der Waals surface area contributed by atoms with Gasteiger partial charge in [0.15, 0.2) is 5.78 Å². The highest BCUT2D eigenvalue weighted by Gasteiger charge is 2.23. The van der Waals surface area contributed by atoms with Gasteiger partial charge in [-0.25, -0.2) is 0 Å². The molecule has 1 aliphatic rings. The van der Waals surface area contributed by atoms with Gasteiger partial charge in [-0.1, -0.05) is 6.42 Å². The Balaban J connectivity index is 2.19. The van der Waals surface area contributed by atoms with Crippen molar-refractivity contribution in [3.05, 3.63) is 0 Å². The fourth-order valence-electron chi connectivity index (χ4n) is 1.66. The molecule has 15 heavy (non-hydrogen) atoms. The molecule has 0 atom stereocenters. The number of carbonyl (C=O) groups is 2. The number of ketones is 1. The highest BCUT2D eigenvalue weighted by atomic mass is 16.5. The van der Waals surface area contributed by atoms with Crippen LogP contribution >= 0.6 is 0 Å². The summed E-state index contributed by atoms with van der Waals surface area (Å²) in [5.41, 5.74) is 0. The Labute approximate surface area is 90.6 Å². The van der Waals surface area contributed by atoms with E-state index in [2.05, 4.69) is 0 Å². The van der Waals surface area contributed by atoms with Crippen molar-refractivity contribution in [2.24, 2.45) is 0 Å². The molecule has 0 amide bonds. The van der Waals surface area contributed by atoms with Gasteiger partial charge in [0.05, 0.1) is 13.2 Å². The van der Waals surface area contributed by atoms with Gasteiger partial charge < -0.3 is 4.74 Å². The zero-order valence-electron chi connectivity index (χ0n) is 9.49. The van der Waals surface area contributed by atoms with Crippen molar-refractivity contribution >= 4 is 11.8 Å². The molecule has 0 aliphatic heterocycles. The second-order valence-corrected chi connectivity index (χ2v) is 4.02. The van der Waals surface area contributed by atoms with Gasteiger partial charge in [0.1, 0.15) is 6.42 Å². The van der Waals surface area contributed by atoms with Crippen LogP contribution in [-0.4, -0.2) is 42.9 Å². The summed E-state index contributed by atoms with van der Waals surface area (Å²) >= 11 is 0. The lowest BCUT2D eigenvalue weighted by atomic mass is 9.92. The van der Waals surface area contributed by atoms with Crippen molar-refractivity contribution in [3.8, 4) is 0 Å². The first-order valence-corrected chi connectivity index (χ1v) is 5.51. The van der Waals surface area contributed by atoms with Crippen molar-refractivity contribution in [1.82, 2.24) is 4.90 Å². The smallest absolute Gasteiger partial charge is 0.313 e. The lowest BCUT2D eigenvalue weighted by molar-refractivity contribution is -0.145. The third kappa shape index (κ3) is 4.00. The summed E-state index contributed by atoms with van der Waals surface area (Å²) in [6, 6.07) is 0.538. The number of esters is 1. The lowest BCUT2D eigenvalue weighted by Gasteiger charge is -2.34. The molecule has 4 nitrogen and oxygen atoms in total. The molecule has 0 aromatic heterocycles. The predicted octanol–water partition coefficient (Wildman–Crippen LogP) is 0.993. The lowest BCUT2D eigenvalue weighted by Crippen LogP contribution is -2.40. The maximum Gasteiger partial charge on any atom is 0.313 e. The van der Waals surface area contributed by atoms with E-state index < -0.39 is 5.97 Å². The minimum Gasteiger partial charge on any atom is -0.466 e. The SMILES string of the molecule is CCOC(=O)CC(=O)CN(C)C1CCC1. The Morgan fingerprint density at radius 3 is 2.53 bits per heavy atom. The molecule has 0 bridgehead atoms. The largest absolute Gasteiger partial charge is 0.466 e. The fourth-order valence-corrected chi connectivity index (χ4v) is 1.66. The first-order valence-electron chi connectivity index (χ1n) is 5.51. The second-order valence-electron chi connectivity index (χ2n) is 4.02. The van der Waals surface area contributed by atoms with Gasteiger partial charge in [0.2, 0.25) is 0 Å². The van der Waals surface area contributed by atoms with Crippen LogP contribution in [0.1, 0.15) is 32.6 Å². The Bertz CT molecular complexity index is 236. The molecule has 0 spiro atoms. The van der Waals surface area contributed by atoms with E-state index in [4.69, 9.17) is 4.74 Å². The molecule has 1 aliphatic carbocycles. The zero-order chi connectivity index (χ0) is 11.3. The van der Waals surface area contributed by atoms with E-state index >= 15 is 0 Å². The second kappa shape index (κ2) is 5.85. The van der Waals surface area contributed by atoms with Gasteiger partial charge >= 0.3 is 5.97 Å². The molecule has 1 saturated carbocycles. The Morgan fingerprint density at radius 2 is 2.07 bits per heavy atom. The molecular weight excluding hydrogens is 194 g/mol. The molecule has 0 N–H and O–H groups in total. The van der Waals surface area contributed by atoms with E-state index in [0.717, 1.165) is 0 Å². The first kappa shape index (κ1) is 12.2. The Morgan fingerprint density at radius 1 is 1.40 bits per heavy atom. The van der Waals surface area contributed by atoms with Crippen LogP contribution < -0.4 is 0 Å². The van der Waals surface area contributed by atoms with Crippen LogP contribution in [0.25, 0.3) is 0 Å². The Kier molecular flexibility index (Phi) is 4.75. The van der Waals surface area contributed by atoms with E-state index in [0.29, 0.717) is 19.2 Å². The van der Waals surface area contributed by atoms with E-state index in [-0.39, 0.29) is 12.2 Å². The molecule has 4 heteroatoms. The third-order valence-electron chi connectivity index (χ3n) is 2.77. The van der Waals surface area contributed by atoms with Crippen molar-refractivity contribution in [3.63, 3.8) is 0 Å². The van der Waals surface area contributed by atoms with Crippen LogP contribution in [0, 0.1) is 0 Å². The van der Waals surface area contributed by atoms with Crippen LogP contribution in [0.4, 0.5) is 0 Å². The van der Waals surface area contributed by atoms with Gasteiger partial charge in [0.25, 0.3) is 0 Å². The number of ether oxygens (including phenoxy) is 1. The quantitative estimate of drug-likeness (QED) is 0.487. The summed E-state index contributed by atoms with van der Waals surface area (Å²) in [6.07, 6.45) is 3.50. The number of hydrogen-bond acceptors (Lipinski definition) is 4. The standard InChI is InChI=1S/C11H19NO3/c1-3-15-11(14)7-10(13)8-12(2)9-5-4-6-9/h9H,3-8H2,1-2H3.